The molecule has 1 amide bonds. The number of benzene rings is 1. The van der Waals surface area contributed by atoms with Gasteiger partial charge < -0.3 is 11.1 Å². The summed E-state index contributed by atoms with van der Waals surface area (Å²) in [5.74, 6) is -0.369. The summed E-state index contributed by atoms with van der Waals surface area (Å²) in [7, 11) is 1.46. The van der Waals surface area contributed by atoms with Crippen molar-refractivity contribution in [2.45, 2.75) is 0 Å². The van der Waals surface area contributed by atoms with Crippen molar-refractivity contribution in [1.29, 1.82) is 0 Å². The fraction of sp³-hybridized carbons (Fsp3) is 0.100. The Balaban J connectivity index is 3.27. The number of nitrogens with zero attached hydrogens (tertiary/aromatic N) is 1. The van der Waals surface area contributed by atoms with E-state index in [-0.39, 0.29) is 17.2 Å². The predicted octanol–water partition coefficient (Wildman–Crippen LogP) is 0.884. The number of nitro benzene ring substituents is 1. The van der Waals surface area contributed by atoms with Crippen molar-refractivity contribution < 1.29 is 9.72 Å². The Morgan fingerprint density at radius 3 is 2.75 bits per heavy atom. The molecule has 0 aliphatic rings. The maximum Gasteiger partial charge on any atom is 0.277 e. The van der Waals surface area contributed by atoms with E-state index < -0.39 is 4.92 Å². The van der Waals surface area contributed by atoms with Crippen molar-refractivity contribution in [3.05, 3.63) is 45.6 Å². The molecule has 0 atom stereocenters. The van der Waals surface area contributed by atoms with Crippen LogP contribution in [0.15, 0.2) is 24.4 Å². The van der Waals surface area contributed by atoms with Gasteiger partial charge in [-0.3, -0.25) is 14.9 Å². The average Bonchev–Trinajstić information content (AvgIpc) is 2.28. The van der Waals surface area contributed by atoms with Crippen LogP contribution in [-0.4, -0.2) is 17.9 Å². The van der Waals surface area contributed by atoms with Gasteiger partial charge in [0.1, 0.15) is 0 Å². The van der Waals surface area contributed by atoms with E-state index in [0.29, 0.717) is 5.56 Å². The lowest BCUT2D eigenvalue weighted by Gasteiger charge is -2.01. The number of carbonyl (C=O) groups excluding carboxylic acids is 1. The molecule has 0 aliphatic carbocycles. The summed E-state index contributed by atoms with van der Waals surface area (Å²) in [5, 5.41) is 13.2. The van der Waals surface area contributed by atoms with Crippen LogP contribution in [0.5, 0.6) is 0 Å². The minimum absolute atomic E-state index is 0.150. The summed E-state index contributed by atoms with van der Waals surface area (Å²) < 4.78 is 0. The van der Waals surface area contributed by atoms with Crippen molar-refractivity contribution in [3.8, 4) is 0 Å². The van der Waals surface area contributed by atoms with Crippen molar-refractivity contribution in [2.24, 2.45) is 5.73 Å². The molecule has 3 N–H and O–H groups in total. The van der Waals surface area contributed by atoms with E-state index in [9.17, 15) is 14.9 Å². The molecular weight excluding hydrogens is 210 g/mol. The number of carbonyl (C=O) groups is 1. The minimum Gasteiger partial charge on any atom is -0.405 e. The van der Waals surface area contributed by atoms with Crippen LogP contribution in [0.4, 0.5) is 5.69 Å². The molecular formula is C10H11N3O3. The Kier molecular flexibility index (Phi) is 3.60. The van der Waals surface area contributed by atoms with E-state index in [0.717, 1.165) is 0 Å². The van der Waals surface area contributed by atoms with Gasteiger partial charge in [0.15, 0.2) is 0 Å². The fourth-order valence-electron chi connectivity index (χ4n) is 1.23. The van der Waals surface area contributed by atoms with E-state index >= 15 is 0 Å². The van der Waals surface area contributed by atoms with Crippen molar-refractivity contribution >= 4 is 17.7 Å². The highest BCUT2D eigenvalue weighted by atomic mass is 16.6. The van der Waals surface area contributed by atoms with Crippen LogP contribution in [0.1, 0.15) is 15.9 Å². The van der Waals surface area contributed by atoms with Gasteiger partial charge in [0.25, 0.3) is 11.6 Å². The standard InChI is InChI=1S/C10H11N3O3/c1-12-10(14)8-3-2-7(4-5-11)9(6-8)13(15)16/h2-6H,11H2,1H3,(H,12,14). The maximum absolute atomic E-state index is 11.3. The number of nitro groups is 1. The molecule has 6 heteroatoms. The van der Waals surface area contributed by atoms with Crippen LogP contribution < -0.4 is 11.1 Å². The Hall–Kier alpha value is -2.37. The second-order valence-corrected chi connectivity index (χ2v) is 2.97. The molecule has 0 unspecified atom stereocenters. The van der Waals surface area contributed by atoms with E-state index in [4.69, 9.17) is 5.73 Å². The number of hydrogen-bond donors (Lipinski definition) is 2. The predicted molar refractivity (Wildman–Crippen MR) is 59.7 cm³/mol. The van der Waals surface area contributed by atoms with E-state index in [1.807, 2.05) is 0 Å². The van der Waals surface area contributed by atoms with E-state index in [1.165, 1.54) is 37.5 Å². The summed E-state index contributed by atoms with van der Waals surface area (Å²) in [5.41, 5.74) is 5.62. The van der Waals surface area contributed by atoms with Crippen LogP contribution in [0, 0.1) is 10.1 Å². The summed E-state index contributed by atoms with van der Waals surface area (Å²) in [6.07, 6.45) is 2.62. The molecule has 16 heavy (non-hydrogen) atoms. The number of nitrogens with one attached hydrogen (secondary N) is 1. The zero-order valence-electron chi connectivity index (χ0n) is 8.64. The highest BCUT2D eigenvalue weighted by molar-refractivity contribution is 5.95. The first-order valence-electron chi connectivity index (χ1n) is 4.49. The van der Waals surface area contributed by atoms with Gasteiger partial charge in [0.05, 0.1) is 10.5 Å². The molecule has 1 aromatic carbocycles. The van der Waals surface area contributed by atoms with Crippen LogP contribution >= 0.6 is 0 Å². The highest BCUT2D eigenvalue weighted by Crippen LogP contribution is 2.21. The SMILES string of the molecule is CNC(=O)c1ccc(C=CN)c([N+](=O)[O-])c1. The molecule has 0 aromatic heterocycles. The largest absolute Gasteiger partial charge is 0.405 e. The van der Waals surface area contributed by atoms with E-state index in [1.54, 1.807) is 0 Å². The van der Waals surface area contributed by atoms with Crippen LogP contribution in [-0.2, 0) is 0 Å². The maximum atomic E-state index is 11.3. The molecule has 0 saturated heterocycles. The number of nitrogens with two attached hydrogens (primary N) is 1. The smallest absolute Gasteiger partial charge is 0.277 e. The Labute approximate surface area is 91.9 Å². The second-order valence-electron chi connectivity index (χ2n) is 2.97. The summed E-state index contributed by atoms with van der Waals surface area (Å²) in [6, 6.07) is 4.20. The number of hydrogen-bond acceptors (Lipinski definition) is 4. The van der Waals surface area contributed by atoms with Gasteiger partial charge in [-0.05, 0) is 24.4 Å². The molecule has 1 rings (SSSR count). The topological polar surface area (TPSA) is 98.3 Å². The number of rotatable bonds is 3. The molecule has 0 aliphatic heterocycles. The van der Waals surface area contributed by atoms with Gasteiger partial charge in [-0.25, -0.2) is 0 Å². The molecule has 0 radical (unpaired) electrons. The van der Waals surface area contributed by atoms with Gasteiger partial charge in [0.2, 0.25) is 0 Å². The molecule has 84 valence electrons. The zero-order chi connectivity index (χ0) is 12.1. The normalized spacial score (nSPS) is 10.3. The van der Waals surface area contributed by atoms with Gasteiger partial charge >= 0.3 is 0 Å². The van der Waals surface area contributed by atoms with Crippen molar-refractivity contribution in [3.63, 3.8) is 0 Å². The quantitative estimate of drug-likeness (QED) is 0.584. The van der Waals surface area contributed by atoms with Gasteiger partial charge in [0, 0.05) is 18.7 Å². The van der Waals surface area contributed by atoms with Crippen LogP contribution in [0.2, 0.25) is 0 Å². The molecule has 0 fully saturated rings. The third-order valence-electron chi connectivity index (χ3n) is 1.99. The first kappa shape index (κ1) is 11.7. The molecule has 0 bridgehead atoms. The monoisotopic (exact) mass is 221 g/mol. The summed E-state index contributed by atoms with van der Waals surface area (Å²) in [6.45, 7) is 0. The van der Waals surface area contributed by atoms with Crippen LogP contribution in [0.3, 0.4) is 0 Å². The summed E-state index contributed by atoms with van der Waals surface area (Å²) >= 11 is 0. The third-order valence-corrected chi connectivity index (χ3v) is 1.99. The lowest BCUT2D eigenvalue weighted by Crippen LogP contribution is -2.17. The molecule has 1 aromatic rings. The van der Waals surface area contributed by atoms with Crippen molar-refractivity contribution in [2.75, 3.05) is 7.05 Å². The fourth-order valence-corrected chi connectivity index (χ4v) is 1.23. The Bertz CT molecular complexity index is 455. The van der Waals surface area contributed by atoms with Gasteiger partial charge in [-0.1, -0.05) is 0 Å². The first-order chi connectivity index (χ1) is 7.60. The second kappa shape index (κ2) is 4.92. The Morgan fingerprint density at radius 1 is 1.56 bits per heavy atom. The van der Waals surface area contributed by atoms with Gasteiger partial charge in [-0.15, -0.1) is 0 Å². The first-order valence-corrected chi connectivity index (χ1v) is 4.49. The van der Waals surface area contributed by atoms with Gasteiger partial charge in [-0.2, -0.15) is 0 Å². The van der Waals surface area contributed by atoms with Crippen LogP contribution in [0.25, 0.3) is 6.08 Å². The molecule has 0 saturated carbocycles. The van der Waals surface area contributed by atoms with E-state index in [2.05, 4.69) is 5.32 Å². The zero-order valence-corrected chi connectivity index (χ0v) is 8.64. The molecule has 6 nitrogen and oxygen atoms in total. The van der Waals surface area contributed by atoms with Crippen molar-refractivity contribution in [1.82, 2.24) is 5.32 Å². The lowest BCUT2D eigenvalue weighted by molar-refractivity contribution is -0.385. The minimum atomic E-state index is -0.554. The molecule has 0 spiro atoms. The highest BCUT2D eigenvalue weighted by Gasteiger charge is 2.15. The summed E-state index contributed by atoms with van der Waals surface area (Å²) in [4.78, 5) is 21.5. The molecule has 0 heterocycles. The number of amides is 1. The lowest BCUT2D eigenvalue weighted by atomic mass is 10.1. The third kappa shape index (κ3) is 2.35. The Morgan fingerprint density at radius 2 is 2.25 bits per heavy atom. The average molecular weight is 221 g/mol.